The maximum Gasteiger partial charge on any atom is 0.326 e. The number of amides is 12. The van der Waals surface area contributed by atoms with Gasteiger partial charge in [-0.15, -0.1) is 0 Å². The molecule has 550 valence electrons. The standard InChI is InChI=1S/C65H90N16O20/c66-38(34-53(88)89)54(90)73-39(22-25-51(84)85)55(91)71-35-50(83)72-40(23-26-52(86)87)56(92)74-42(21-24-49(67)82)61(97)79-29-8-17-45(79)57(93)75-41(16-7-27-70-65(68)69)60(96)78-28-9-18-46(78)58(94)76-43(32-36-12-3-1-4-13-36)62(98)80-30-10-19-47(80)59(95)77-44(33-37-14-5-2-6-15-37)63(99)81-31-11-20-48(81)64(100)101/h1-6,12-15,38-48H,7-11,16-35,66H2,(H2,67,82)(H,71,91)(H,72,83)(H,73,90)(H,74,92)(H,75,93)(H,76,94)(H,77,95)(H,84,85)(H,86,87)(H,88,89)(H,100,101)(H4,68,69,70)/t38-,39-,40-,41-,42-,43-,44-,45-,46-,47-,48-/m0/s1. The van der Waals surface area contributed by atoms with Crippen LogP contribution in [0, 0.1) is 0 Å². The van der Waals surface area contributed by atoms with E-state index in [4.69, 9.17) is 28.0 Å². The van der Waals surface area contributed by atoms with Crippen molar-refractivity contribution in [2.24, 2.45) is 27.9 Å². The smallest absolute Gasteiger partial charge is 0.326 e. The second-order valence-electron chi connectivity index (χ2n) is 25.1. The Labute approximate surface area is 580 Å². The lowest BCUT2D eigenvalue weighted by atomic mass is 10.0. The van der Waals surface area contributed by atoms with Gasteiger partial charge in [0.2, 0.25) is 70.9 Å². The maximum absolute atomic E-state index is 15.0. The molecule has 0 spiro atoms. The predicted molar refractivity (Wildman–Crippen MR) is 354 cm³/mol. The van der Waals surface area contributed by atoms with E-state index < -0.39 is 213 Å². The number of rotatable bonds is 38. The fourth-order valence-electron chi connectivity index (χ4n) is 12.6. The summed E-state index contributed by atoms with van der Waals surface area (Å²) in [6.07, 6.45) is -2.64. The van der Waals surface area contributed by atoms with Crippen LogP contribution in [0.15, 0.2) is 65.7 Å². The Hall–Kier alpha value is -10.8. The van der Waals surface area contributed by atoms with Gasteiger partial charge in [-0.25, -0.2) is 4.79 Å². The van der Waals surface area contributed by atoms with Crippen LogP contribution in [0.4, 0.5) is 0 Å². The number of nitrogens with zero attached hydrogens (tertiary/aromatic N) is 5. The van der Waals surface area contributed by atoms with Crippen LogP contribution in [0.3, 0.4) is 0 Å². The first kappa shape index (κ1) is 79.2. The number of carbonyl (C=O) groups is 16. The molecule has 12 amide bonds. The highest BCUT2D eigenvalue weighted by Crippen LogP contribution is 2.26. The first-order valence-electron chi connectivity index (χ1n) is 33.4. The Bertz CT molecular complexity index is 3400. The van der Waals surface area contributed by atoms with Crippen LogP contribution in [0.2, 0.25) is 0 Å². The molecule has 2 aromatic carbocycles. The average Bonchev–Trinajstić information content (AvgIpc) is 1.76. The minimum Gasteiger partial charge on any atom is -0.481 e. The molecule has 4 saturated heterocycles. The van der Waals surface area contributed by atoms with E-state index in [2.05, 4.69) is 42.2 Å². The largest absolute Gasteiger partial charge is 0.481 e. The number of carboxylic acid groups (broad SMARTS) is 4. The molecule has 101 heavy (non-hydrogen) atoms. The number of hydrogen-bond donors (Lipinski definition) is 15. The van der Waals surface area contributed by atoms with Gasteiger partial charge in [0.05, 0.1) is 19.0 Å². The summed E-state index contributed by atoms with van der Waals surface area (Å²) in [6, 6.07) is 2.15. The highest BCUT2D eigenvalue weighted by atomic mass is 16.4. The number of hydrogen-bond acceptors (Lipinski definition) is 18. The third kappa shape index (κ3) is 24.0. The number of nitrogens with one attached hydrogen (secondary N) is 7. The summed E-state index contributed by atoms with van der Waals surface area (Å²) in [5.41, 5.74) is 23.6. The van der Waals surface area contributed by atoms with Gasteiger partial charge in [-0.1, -0.05) is 60.7 Å². The molecule has 2 aromatic rings. The number of likely N-dealkylation sites (tertiary alicyclic amines) is 4. The van der Waals surface area contributed by atoms with Crippen LogP contribution in [0.25, 0.3) is 0 Å². The van der Waals surface area contributed by atoms with E-state index in [9.17, 15) is 92.0 Å². The molecule has 11 atom stereocenters. The zero-order valence-corrected chi connectivity index (χ0v) is 55.7. The molecule has 4 heterocycles. The summed E-state index contributed by atoms with van der Waals surface area (Å²) < 4.78 is 0. The molecule has 4 fully saturated rings. The summed E-state index contributed by atoms with van der Waals surface area (Å²) >= 11 is 0. The molecular weight excluding hydrogens is 1320 g/mol. The predicted octanol–water partition coefficient (Wildman–Crippen LogP) is -4.60. The summed E-state index contributed by atoms with van der Waals surface area (Å²) in [5.74, 6) is -16.4. The van der Waals surface area contributed by atoms with E-state index >= 15 is 0 Å². The molecule has 19 N–H and O–H groups in total. The van der Waals surface area contributed by atoms with E-state index in [1.165, 1.54) is 14.7 Å². The SMILES string of the molecule is NC(=O)CC[C@H](NC(=O)[C@H](CCC(=O)O)NC(=O)CNC(=O)[C@H](CCC(=O)O)NC(=O)[C@@H](N)CC(=O)O)C(=O)N1CCC[C@H]1C(=O)N[C@@H](CCCN=C(N)N)C(=O)N1CCC[C@H]1C(=O)N[C@@H](Cc1ccccc1)C(=O)N1CCC[C@H]1C(=O)N[C@@H](Cc1ccccc1)C(=O)N1CCC[C@H]1C(=O)O. The Morgan fingerprint density at radius 3 is 1.25 bits per heavy atom. The van der Waals surface area contributed by atoms with Crippen LogP contribution in [-0.4, -0.2) is 246 Å². The molecule has 0 bridgehead atoms. The first-order valence-corrected chi connectivity index (χ1v) is 33.4. The number of aliphatic imine (C=N–C) groups is 1. The lowest BCUT2D eigenvalue weighted by molar-refractivity contribution is -0.150. The number of nitrogens with two attached hydrogens (primary N) is 4. The number of aliphatic carboxylic acids is 4. The van der Waals surface area contributed by atoms with Gasteiger partial charge in [-0.05, 0) is 94.6 Å². The van der Waals surface area contributed by atoms with Gasteiger partial charge in [-0.2, -0.15) is 0 Å². The van der Waals surface area contributed by atoms with E-state index in [-0.39, 0.29) is 96.5 Å². The van der Waals surface area contributed by atoms with E-state index in [1.807, 2.05) is 0 Å². The summed E-state index contributed by atoms with van der Waals surface area (Å²) in [7, 11) is 0. The van der Waals surface area contributed by atoms with Crippen LogP contribution >= 0.6 is 0 Å². The summed E-state index contributed by atoms with van der Waals surface area (Å²) in [5, 5.41) is 55.1. The second kappa shape index (κ2) is 38.5. The number of carboxylic acids is 4. The zero-order valence-electron chi connectivity index (χ0n) is 55.7. The molecule has 6 rings (SSSR count). The Morgan fingerprint density at radius 1 is 0.446 bits per heavy atom. The van der Waals surface area contributed by atoms with Gasteiger partial charge in [0.1, 0.15) is 60.4 Å². The van der Waals surface area contributed by atoms with Crippen LogP contribution < -0.4 is 60.2 Å². The fraction of sp³-hybridized carbons (Fsp3) is 0.554. The lowest BCUT2D eigenvalue weighted by Gasteiger charge is -2.33. The lowest BCUT2D eigenvalue weighted by Crippen LogP contribution is -2.60. The molecule has 0 aliphatic carbocycles. The van der Waals surface area contributed by atoms with Crippen molar-refractivity contribution in [1.29, 1.82) is 0 Å². The minimum absolute atomic E-state index is 0.00525. The monoisotopic (exact) mass is 1410 g/mol. The Kier molecular flexibility index (Phi) is 30.2. The van der Waals surface area contributed by atoms with E-state index in [0.717, 1.165) is 4.90 Å². The third-order valence-corrected chi connectivity index (χ3v) is 17.7. The topological polar surface area (TPSA) is 568 Å². The van der Waals surface area contributed by atoms with Crippen molar-refractivity contribution < 1.29 is 97.1 Å². The van der Waals surface area contributed by atoms with Crippen molar-refractivity contribution in [3.8, 4) is 0 Å². The molecule has 0 saturated carbocycles. The average molecular weight is 1420 g/mol. The molecule has 0 unspecified atom stereocenters. The van der Waals surface area contributed by atoms with Gasteiger partial charge in [0, 0.05) is 64.8 Å². The minimum atomic E-state index is -1.76. The molecule has 0 aromatic heterocycles. The van der Waals surface area contributed by atoms with E-state index in [1.54, 1.807) is 60.7 Å². The molecule has 4 aliphatic rings. The molecule has 0 radical (unpaired) electrons. The second-order valence-corrected chi connectivity index (χ2v) is 25.1. The van der Waals surface area contributed by atoms with Crippen LogP contribution in [0.5, 0.6) is 0 Å². The molecular formula is C65H90N16O20. The molecule has 36 heteroatoms. The normalized spacial score (nSPS) is 19.1. The van der Waals surface area contributed by atoms with Gasteiger partial charge < -0.3 is 100 Å². The van der Waals surface area contributed by atoms with Gasteiger partial charge >= 0.3 is 23.9 Å². The van der Waals surface area contributed by atoms with Crippen molar-refractivity contribution in [2.75, 3.05) is 39.3 Å². The Balaban J connectivity index is 1.17. The van der Waals surface area contributed by atoms with Crippen molar-refractivity contribution >= 4 is 101 Å². The number of carbonyl (C=O) groups excluding carboxylic acids is 12. The highest BCUT2D eigenvalue weighted by molar-refractivity contribution is 6.00. The van der Waals surface area contributed by atoms with Gasteiger partial charge in [-0.3, -0.25) is 76.9 Å². The summed E-state index contributed by atoms with van der Waals surface area (Å²) in [6.45, 7) is -0.813. The highest BCUT2D eigenvalue weighted by Gasteiger charge is 2.46. The summed E-state index contributed by atoms with van der Waals surface area (Å²) in [4.78, 5) is 223. The van der Waals surface area contributed by atoms with Gasteiger partial charge in [0.15, 0.2) is 5.96 Å². The number of primary amides is 1. The van der Waals surface area contributed by atoms with Crippen molar-refractivity contribution in [3.63, 3.8) is 0 Å². The molecule has 36 nitrogen and oxygen atoms in total. The van der Waals surface area contributed by atoms with Crippen molar-refractivity contribution in [3.05, 3.63) is 71.8 Å². The molecule has 4 aliphatic heterocycles. The Morgan fingerprint density at radius 2 is 0.832 bits per heavy atom. The quantitative estimate of drug-likeness (QED) is 0.0171. The van der Waals surface area contributed by atoms with Crippen molar-refractivity contribution in [1.82, 2.24) is 56.8 Å². The van der Waals surface area contributed by atoms with Gasteiger partial charge in [0.25, 0.3) is 0 Å². The fourth-order valence-corrected chi connectivity index (χ4v) is 12.6. The first-order chi connectivity index (χ1) is 48.0. The van der Waals surface area contributed by atoms with Crippen LogP contribution in [0.1, 0.15) is 120 Å². The van der Waals surface area contributed by atoms with Crippen molar-refractivity contribution in [2.45, 2.75) is 188 Å². The number of guanidine groups is 1. The van der Waals surface area contributed by atoms with E-state index in [0.29, 0.717) is 30.4 Å². The van der Waals surface area contributed by atoms with Crippen LogP contribution in [-0.2, 0) is 89.6 Å². The maximum atomic E-state index is 15.0. The number of benzene rings is 2. The third-order valence-electron chi connectivity index (χ3n) is 17.7. The zero-order chi connectivity index (χ0) is 74.0.